The highest BCUT2D eigenvalue weighted by Gasteiger charge is 2.16. The van der Waals surface area contributed by atoms with Crippen molar-refractivity contribution in [2.75, 3.05) is 6.54 Å². The third-order valence-corrected chi connectivity index (χ3v) is 2.65. The molecule has 0 aliphatic heterocycles. The first-order valence-electron chi connectivity index (χ1n) is 6.44. The molecular formula is C15H21NO3. The van der Waals surface area contributed by atoms with Gasteiger partial charge in [-0.2, -0.15) is 0 Å². The zero-order chi connectivity index (χ0) is 14.4. The van der Waals surface area contributed by atoms with Gasteiger partial charge in [0.2, 0.25) is 0 Å². The summed E-state index contributed by atoms with van der Waals surface area (Å²) in [6.45, 7) is 8.23. The molecular weight excluding hydrogens is 242 g/mol. The molecule has 1 N–H and O–H groups in total. The van der Waals surface area contributed by atoms with Gasteiger partial charge in [0.1, 0.15) is 5.75 Å². The summed E-state index contributed by atoms with van der Waals surface area (Å²) < 4.78 is 5.54. The molecule has 0 heterocycles. The molecule has 1 aromatic carbocycles. The van der Waals surface area contributed by atoms with Crippen LogP contribution in [0.15, 0.2) is 18.2 Å². The summed E-state index contributed by atoms with van der Waals surface area (Å²) in [6.07, 6.45) is 0.112. The maximum atomic E-state index is 11.8. The number of carbonyl (C=O) groups is 2. The van der Waals surface area contributed by atoms with Gasteiger partial charge in [-0.3, -0.25) is 9.59 Å². The van der Waals surface area contributed by atoms with Gasteiger partial charge in [0.15, 0.2) is 12.4 Å². The maximum Gasteiger partial charge on any atom is 0.260 e. The molecule has 0 aromatic heterocycles. The Morgan fingerprint density at radius 3 is 2.63 bits per heavy atom. The van der Waals surface area contributed by atoms with E-state index in [-0.39, 0.29) is 5.91 Å². The second-order valence-corrected chi connectivity index (χ2v) is 5.06. The highest BCUT2D eigenvalue weighted by Crippen LogP contribution is 2.19. The lowest BCUT2D eigenvalue weighted by molar-refractivity contribution is -0.127. The van der Waals surface area contributed by atoms with E-state index in [1.54, 1.807) is 19.1 Å². The van der Waals surface area contributed by atoms with Crippen LogP contribution in [0, 0.1) is 12.8 Å². The topological polar surface area (TPSA) is 55.4 Å². The molecule has 1 unspecified atom stereocenters. The molecule has 0 aliphatic rings. The lowest BCUT2D eigenvalue weighted by Gasteiger charge is -2.16. The van der Waals surface area contributed by atoms with Gasteiger partial charge in [0.25, 0.3) is 5.91 Å². The van der Waals surface area contributed by atoms with Gasteiger partial charge in [0.05, 0.1) is 5.56 Å². The highest BCUT2D eigenvalue weighted by atomic mass is 16.5. The van der Waals surface area contributed by atoms with Crippen LogP contribution in [0.25, 0.3) is 0 Å². The average molecular weight is 263 g/mol. The van der Waals surface area contributed by atoms with Crippen molar-refractivity contribution in [1.82, 2.24) is 5.32 Å². The summed E-state index contributed by atoms with van der Waals surface area (Å²) in [5.41, 5.74) is 1.44. The number of aldehydes is 1. The van der Waals surface area contributed by atoms with E-state index in [9.17, 15) is 9.59 Å². The fourth-order valence-corrected chi connectivity index (χ4v) is 1.56. The first-order chi connectivity index (χ1) is 8.93. The molecule has 0 bridgehead atoms. The van der Waals surface area contributed by atoms with E-state index >= 15 is 0 Å². The zero-order valence-corrected chi connectivity index (χ0v) is 11.9. The summed E-state index contributed by atoms with van der Waals surface area (Å²) in [7, 11) is 0. The molecule has 0 radical (unpaired) electrons. The molecule has 1 aromatic rings. The van der Waals surface area contributed by atoms with Gasteiger partial charge in [0, 0.05) is 6.54 Å². The van der Waals surface area contributed by atoms with Gasteiger partial charge < -0.3 is 10.1 Å². The van der Waals surface area contributed by atoms with Crippen molar-refractivity contribution in [3.8, 4) is 5.75 Å². The SMILES string of the molecule is Cc1ccc(OC(C)C(=O)NCC(C)C)c(C=O)c1. The van der Waals surface area contributed by atoms with Crippen LogP contribution in [0.2, 0.25) is 0 Å². The van der Waals surface area contributed by atoms with Crippen LogP contribution in [-0.2, 0) is 4.79 Å². The van der Waals surface area contributed by atoms with E-state index in [0.717, 1.165) is 11.8 Å². The van der Waals surface area contributed by atoms with E-state index in [0.29, 0.717) is 23.8 Å². The molecule has 0 fully saturated rings. The molecule has 0 spiro atoms. The maximum absolute atomic E-state index is 11.8. The number of ether oxygens (including phenoxy) is 1. The van der Waals surface area contributed by atoms with Gasteiger partial charge in [-0.1, -0.05) is 25.5 Å². The second-order valence-electron chi connectivity index (χ2n) is 5.06. The average Bonchev–Trinajstić information content (AvgIpc) is 2.37. The number of carbonyl (C=O) groups excluding carboxylic acids is 2. The summed E-state index contributed by atoms with van der Waals surface area (Å²) in [6, 6.07) is 5.30. The second kappa shape index (κ2) is 6.92. The Bertz CT molecular complexity index is 455. The monoisotopic (exact) mass is 263 g/mol. The predicted molar refractivity (Wildman–Crippen MR) is 74.5 cm³/mol. The summed E-state index contributed by atoms with van der Waals surface area (Å²) in [5, 5.41) is 2.80. The van der Waals surface area contributed by atoms with Crippen molar-refractivity contribution in [3.05, 3.63) is 29.3 Å². The molecule has 0 saturated carbocycles. The van der Waals surface area contributed by atoms with Crippen LogP contribution in [-0.4, -0.2) is 24.8 Å². The minimum absolute atomic E-state index is 0.175. The molecule has 1 rings (SSSR count). The Balaban J connectivity index is 2.68. The standard InChI is InChI=1S/C15H21NO3/c1-10(2)8-16-15(18)12(4)19-14-6-5-11(3)7-13(14)9-17/h5-7,9-10,12H,8H2,1-4H3,(H,16,18). The zero-order valence-electron chi connectivity index (χ0n) is 11.9. The van der Waals surface area contributed by atoms with Crippen molar-refractivity contribution in [2.45, 2.75) is 33.8 Å². The lowest BCUT2D eigenvalue weighted by Crippen LogP contribution is -2.38. The predicted octanol–water partition coefficient (Wildman–Crippen LogP) is 2.35. The van der Waals surface area contributed by atoms with Gasteiger partial charge >= 0.3 is 0 Å². The molecule has 0 saturated heterocycles. The number of benzene rings is 1. The molecule has 0 aliphatic carbocycles. The molecule has 104 valence electrons. The highest BCUT2D eigenvalue weighted by molar-refractivity contribution is 5.82. The third kappa shape index (κ3) is 4.73. The Kier molecular flexibility index (Phi) is 5.55. The minimum atomic E-state index is -0.625. The van der Waals surface area contributed by atoms with E-state index in [1.807, 2.05) is 26.8 Å². The van der Waals surface area contributed by atoms with Gasteiger partial charge in [-0.25, -0.2) is 0 Å². The number of nitrogens with one attached hydrogen (secondary N) is 1. The molecule has 1 amide bonds. The van der Waals surface area contributed by atoms with Crippen LogP contribution < -0.4 is 10.1 Å². The number of aryl methyl sites for hydroxylation is 1. The van der Waals surface area contributed by atoms with Crippen molar-refractivity contribution in [1.29, 1.82) is 0 Å². The van der Waals surface area contributed by atoms with Gasteiger partial charge in [-0.05, 0) is 31.9 Å². The summed E-state index contributed by atoms with van der Waals surface area (Å²) >= 11 is 0. The van der Waals surface area contributed by atoms with E-state index < -0.39 is 6.10 Å². The summed E-state index contributed by atoms with van der Waals surface area (Å²) in [5.74, 6) is 0.653. The largest absolute Gasteiger partial charge is 0.480 e. The Morgan fingerprint density at radius 2 is 2.05 bits per heavy atom. The van der Waals surface area contributed by atoms with Crippen LogP contribution in [0.5, 0.6) is 5.75 Å². The minimum Gasteiger partial charge on any atom is -0.480 e. The van der Waals surface area contributed by atoms with Crippen molar-refractivity contribution in [2.24, 2.45) is 5.92 Å². The third-order valence-electron chi connectivity index (χ3n) is 2.65. The van der Waals surface area contributed by atoms with Crippen LogP contribution in [0.4, 0.5) is 0 Å². The van der Waals surface area contributed by atoms with Crippen molar-refractivity contribution in [3.63, 3.8) is 0 Å². The molecule has 1 atom stereocenters. The van der Waals surface area contributed by atoms with Crippen molar-refractivity contribution >= 4 is 12.2 Å². The molecule has 4 heteroatoms. The molecule has 4 nitrogen and oxygen atoms in total. The summed E-state index contributed by atoms with van der Waals surface area (Å²) in [4.78, 5) is 22.8. The smallest absolute Gasteiger partial charge is 0.260 e. The Labute approximate surface area is 114 Å². The fourth-order valence-electron chi connectivity index (χ4n) is 1.56. The molecule has 19 heavy (non-hydrogen) atoms. The number of hydrogen-bond acceptors (Lipinski definition) is 3. The number of rotatable bonds is 6. The first kappa shape index (κ1) is 15.2. The fraction of sp³-hybridized carbons (Fsp3) is 0.467. The van der Waals surface area contributed by atoms with Crippen molar-refractivity contribution < 1.29 is 14.3 Å². The quantitative estimate of drug-likeness (QED) is 0.801. The normalized spacial score (nSPS) is 12.1. The lowest BCUT2D eigenvalue weighted by atomic mass is 10.1. The number of hydrogen-bond donors (Lipinski definition) is 1. The van der Waals surface area contributed by atoms with Gasteiger partial charge in [-0.15, -0.1) is 0 Å². The van der Waals surface area contributed by atoms with Crippen LogP contribution >= 0.6 is 0 Å². The van der Waals surface area contributed by atoms with E-state index in [1.165, 1.54) is 0 Å². The Morgan fingerprint density at radius 1 is 1.37 bits per heavy atom. The number of amides is 1. The first-order valence-corrected chi connectivity index (χ1v) is 6.44. The van der Waals surface area contributed by atoms with Crippen LogP contribution in [0.3, 0.4) is 0 Å². The van der Waals surface area contributed by atoms with E-state index in [4.69, 9.17) is 4.74 Å². The Hall–Kier alpha value is -1.84. The van der Waals surface area contributed by atoms with Crippen LogP contribution in [0.1, 0.15) is 36.7 Å². The van der Waals surface area contributed by atoms with E-state index in [2.05, 4.69) is 5.32 Å².